The fourth-order valence-electron chi connectivity index (χ4n) is 1.27. The van der Waals surface area contributed by atoms with E-state index in [0.717, 1.165) is 0 Å². The molecule has 3 nitrogen and oxygen atoms in total. The van der Waals surface area contributed by atoms with Gasteiger partial charge in [-0.3, -0.25) is 4.79 Å². The van der Waals surface area contributed by atoms with Crippen molar-refractivity contribution in [2.45, 2.75) is 13.0 Å². The second-order valence-electron chi connectivity index (χ2n) is 3.45. The summed E-state index contributed by atoms with van der Waals surface area (Å²) >= 11 is 11.6. The molecule has 0 saturated carbocycles. The lowest BCUT2D eigenvalue weighted by molar-refractivity contribution is 0.0906. The first-order valence-corrected chi connectivity index (χ1v) is 5.55. The summed E-state index contributed by atoms with van der Waals surface area (Å²) in [5.74, 6) is -0.230. The summed E-state index contributed by atoms with van der Waals surface area (Å²) in [6.07, 6.45) is 0. The van der Waals surface area contributed by atoms with E-state index in [1.54, 1.807) is 25.3 Å². The van der Waals surface area contributed by atoms with Gasteiger partial charge in [-0.2, -0.15) is 0 Å². The molecule has 16 heavy (non-hydrogen) atoms. The van der Waals surface area contributed by atoms with Gasteiger partial charge < -0.3 is 10.1 Å². The summed E-state index contributed by atoms with van der Waals surface area (Å²) in [5, 5.41) is 3.61. The topological polar surface area (TPSA) is 38.3 Å². The molecule has 1 aromatic carbocycles. The molecule has 0 bridgehead atoms. The van der Waals surface area contributed by atoms with Gasteiger partial charge in [-0.15, -0.1) is 0 Å². The van der Waals surface area contributed by atoms with Crippen LogP contribution in [-0.4, -0.2) is 25.7 Å². The number of ether oxygens (including phenoxy) is 1. The highest BCUT2D eigenvalue weighted by atomic mass is 35.5. The van der Waals surface area contributed by atoms with E-state index in [-0.39, 0.29) is 11.9 Å². The first-order valence-electron chi connectivity index (χ1n) is 4.79. The van der Waals surface area contributed by atoms with Crippen molar-refractivity contribution in [1.82, 2.24) is 5.32 Å². The molecule has 1 N–H and O–H groups in total. The number of rotatable bonds is 4. The van der Waals surface area contributed by atoms with Crippen LogP contribution < -0.4 is 5.32 Å². The van der Waals surface area contributed by atoms with Crippen LogP contribution in [0, 0.1) is 0 Å². The van der Waals surface area contributed by atoms with E-state index >= 15 is 0 Å². The Balaban J connectivity index is 2.73. The average Bonchev–Trinajstić information content (AvgIpc) is 2.17. The van der Waals surface area contributed by atoms with E-state index in [9.17, 15) is 4.79 Å². The third-order valence-electron chi connectivity index (χ3n) is 1.97. The Morgan fingerprint density at radius 1 is 1.50 bits per heavy atom. The molecule has 1 amide bonds. The van der Waals surface area contributed by atoms with Crippen LogP contribution >= 0.6 is 23.2 Å². The number of hydrogen-bond donors (Lipinski definition) is 1. The summed E-state index contributed by atoms with van der Waals surface area (Å²) in [6.45, 7) is 2.31. The Morgan fingerprint density at radius 2 is 2.19 bits per heavy atom. The van der Waals surface area contributed by atoms with Gasteiger partial charge in [-0.1, -0.05) is 23.2 Å². The van der Waals surface area contributed by atoms with Crippen molar-refractivity contribution in [3.63, 3.8) is 0 Å². The molecule has 0 radical (unpaired) electrons. The molecule has 88 valence electrons. The van der Waals surface area contributed by atoms with E-state index in [1.165, 1.54) is 0 Å². The molecule has 1 atom stereocenters. The number of nitrogens with one attached hydrogen (secondary N) is 1. The lowest BCUT2D eigenvalue weighted by atomic mass is 10.2. The van der Waals surface area contributed by atoms with Gasteiger partial charge in [0, 0.05) is 18.2 Å². The van der Waals surface area contributed by atoms with Gasteiger partial charge in [0.2, 0.25) is 0 Å². The van der Waals surface area contributed by atoms with Crippen molar-refractivity contribution in [1.29, 1.82) is 0 Å². The van der Waals surface area contributed by atoms with Crippen LogP contribution in [0.5, 0.6) is 0 Å². The van der Waals surface area contributed by atoms with Crippen LogP contribution in [0.15, 0.2) is 18.2 Å². The zero-order valence-corrected chi connectivity index (χ0v) is 10.6. The van der Waals surface area contributed by atoms with E-state index in [2.05, 4.69) is 5.32 Å². The molecule has 0 aliphatic rings. The maximum Gasteiger partial charge on any atom is 0.253 e. The zero-order valence-electron chi connectivity index (χ0n) is 9.09. The maximum absolute atomic E-state index is 11.8. The first kappa shape index (κ1) is 13.3. The second kappa shape index (κ2) is 6.09. The zero-order chi connectivity index (χ0) is 12.1. The minimum absolute atomic E-state index is 0.0655. The predicted octanol–water partition coefficient (Wildman–Crippen LogP) is 2.76. The largest absolute Gasteiger partial charge is 0.383 e. The summed E-state index contributed by atoms with van der Waals surface area (Å²) < 4.78 is 4.92. The van der Waals surface area contributed by atoms with Crippen molar-refractivity contribution >= 4 is 29.1 Å². The minimum Gasteiger partial charge on any atom is -0.383 e. The van der Waals surface area contributed by atoms with Gasteiger partial charge >= 0.3 is 0 Å². The number of amides is 1. The first-order chi connectivity index (χ1) is 7.54. The third kappa shape index (κ3) is 3.67. The summed E-state index contributed by atoms with van der Waals surface area (Å²) in [4.78, 5) is 11.8. The SMILES string of the molecule is COC[C@@H](C)NC(=O)c1ccc(Cl)cc1Cl. The predicted molar refractivity (Wildman–Crippen MR) is 65.3 cm³/mol. The molecule has 0 spiro atoms. The van der Waals surface area contributed by atoms with Gasteiger partial charge in [-0.05, 0) is 25.1 Å². The highest BCUT2D eigenvalue weighted by Crippen LogP contribution is 2.20. The molecule has 0 aliphatic carbocycles. The van der Waals surface area contributed by atoms with Crippen LogP contribution in [0.3, 0.4) is 0 Å². The van der Waals surface area contributed by atoms with Crippen LogP contribution in [0.25, 0.3) is 0 Å². The molecule has 0 unspecified atom stereocenters. The molecule has 1 aromatic rings. The molecular formula is C11H13Cl2NO2. The molecule has 0 aromatic heterocycles. The fraction of sp³-hybridized carbons (Fsp3) is 0.364. The van der Waals surface area contributed by atoms with Crippen molar-refractivity contribution in [3.05, 3.63) is 33.8 Å². The average molecular weight is 262 g/mol. The summed E-state index contributed by atoms with van der Waals surface area (Å²) in [6, 6.07) is 4.70. The Hall–Kier alpha value is -0.770. The van der Waals surface area contributed by atoms with Crippen molar-refractivity contribution in [3.8, 4) is 0 Å². The lowest BCUT2D eigenvalue weighted by Gasteiger charge is -2.13. The molecule has 1 rings (SSSR count). The number of hydrogen-bond acceptors (Lipinski definition) is 2. The summed E-state index contributed by atoms with van der Waals surface area (Å²) in [5.41, 5.74) is 0.411. The Bertz CT molecular complexity index is 382. The van der Waals surface area contributed by atoms with Crippen LogP contribution in [0.2, 0.25) is 10.0 Å². The van der Waals surface area contributed by atoms with Gasteiger partial charge in [0.25, 0.3) is 5.91 Å². The summed E-state index contributed by atoms with van der Waals surface area (Å²) in [7, 11) is 1.58. The number of benzene rings is 1. The van der Waals surface area contributed by atoms with Crippen LogP contribution in [0.4, 0.5) is 0 Å². The Labute approximate surface area is 105 Å². The van der Waals surface area contributed by atoms with Gasteiger partial charge in [0.1, 0.15) is 0 Å². The lowest BCUT2D eigenvalue weighted by Crippen LogP contribution is -2.35. The number of methoxy groups -OCH3 is 1. The van der Waals surface area contributed by atoms with E-state index in [0.29, 0.717) is 22.2 Å². The maximum atomic E-state index is 11.8. The second-order valence-corrected chi connectivity index (χ2v) is 4.30. The highest BCUT2D eigenvalue weighted by molar-refractivity contribution is 6.36. The normalized spacial score (nSPS) is 12.2. The van der Waals surface area contributed by atoms with Crippen molar-refractivity contribution in [2.24, 2.45) is 0 Å². The molecule has 0 heterocycles. The van der Waals surface area contributed by atoms with Gasteiger partial charge in [0.15, 0.2) is 0 Å². The van der Waals surface area contributed by atoms with Crippen LogP contribution in [0.1, 0.15) is 17.3 Å². The van der Waals surface area contributed by atoms with E-state index in [1.807, 2.05) is 6.92 Å². The molecule has 0 aliphatic heterocycles. The van der Waals surface area contributed by atoms with Gasteiger partial charge in [0.05, 0.1) is 17.2 Å². The fourth-order valence-corrected chi connectivity index (χ4v) is 1.76. The Kier molecular flexibility index (Phi) is 5.06. The van der Waals surface area contributed by atoms with Crippen molar-refractivity contribution in [2.75, 3.05) is 13.7 Å². The minimum atomic E-state index is -0.230. The third-order valence-corrected chi connectivity index (χ3v) is 2.52. The smallest absolute Gasteiger partial charge is 0.253 e. The highest BCUT2D eigenvalue weighted by Gasteiger charge is 2.12. The number of carbonyl (C=O) groups excluding carboxylic acids is 1. The number of carbonyl (C=O) groups is 1. The van der Waals surface area contributed by atoms with Gasteiger partial charge in [-0.25, -0.2) is 0 Å². The molecule has 0 saturated heterocycles. The van der Waals surface area contributed by atoms with Crippen LogP contribution in [-0.2, 0) is 4.74 Å². The Morgan fingerprint density at radius 3 is 2.75 bits per heavy atom. The molecular weight excluding hydrogens is 249 g/mol. The van der Waals surface area contributed by atoms with E-state index < -0.39 is 0 Å². The standard InChI is InChI=1S/C11H13Cl2NO2/c1-7(6-16-2)14-11(15)9-4-3-8(12)5-10(9)13/h3-5,7H,6H2,1-2H3,(H,14,15)/t7-/m1/s1. The monoisotopic (exact) mass is 261 g/mol. The quantitative estimate of drug-likeness (QED) is 0.906. The molecule has 0 fully saturated rings. The van der Waals surface area contributed by atoms with E-state index in [4.69, 9.17) is 27.9 Å². The number of halogens is 2. The molecule has 5 heteroatoms. The van der Waals surface area contributed by atoms with Crippen molar-refractivity contribution < 1.29 is 9.53 Å².